The molecule has 5 rings (SSSR count). The number of carbonyl (C=O) groups excluding carboxylic acids is 3. The van der Waals surface area contributed by atoms with E-state index < -0.39 is 74.7 Å². The second-order valence-corrected chi connectivity index (χ2v) is 19.5. The summed E-state index contributed by atoms with van der Waals surface area (Å²) < 4.78 is 73.8. The summed E-state index contributed by atoms with van der Waals surface area (Å²) in [5.41, 5.74) is 12.3. The molecule has 0 saturated heterocycles. The van der Waals surface area contributed by atoms with Crippen LogP contribution >= 0.6 is 46.4 Å². The SMILES string of the molecule is CS(=O)(=O)[N-]CC(=O)COc1ccc(C2(c3cc(Cl)c(OCCN)c(Cl)c3)CC(c3ccc(OCC(=O)CNS(C)(=O)=O)cc3)(c3cc(Cl)c(OCC(N)=O)c(Cl)c3)C2)cc1. The van der Waals surface area contributed by atoms with Crippen LogP contribution in [0, 0.1) is 0 Å². The predicted molar refractivity (Wildman–Crippen MR) is 233 cm³/mol. The molecule has 0 aromatic heterocycles. The van der Waals surface area contributed by atoms with Gasteiger partial charge in [-0.15, -0.1) is 0 Å². The number of ether oxygens (including phenoxy) is 4. The zero-order valence-electron chi connectivity index (χ0n) is 32.7. The Bertz CT molecular complexity index is 2460. The second kappa shape index (κ2) is 19.9. The van der Waals surface area contributed by atoms with E-state index in [0.29, 0.717) is 29.9 Å². The molecule has 1 fully saturated rings. The number of ketones is 2. The minimum Gasteiger partial charge on any atom is -0.543 e. The second-order valence-electron chi connectivity index (χ2n) is 14.3. The van der Waals surface area contributed by atoms with Gasteiger partial charge in [0.1, 0.15) is 31.3 Å². The summed E-state index contributed by atoms with van der Waals surface area (Å²) in [6.07, 6.45) is 2.55. The lowest BCUT2D eigenvalue weighted by molar-refractivity contribution is -0.120. The average molecular weight is 960 g/mol. The van der Waals surface area contributed by atoms with Gasteiger partial charge in [0.15, 0.2) is 29.7 Å². The normalized spacial score (nSPS) is 17.6. The minimum absolute atomic E-state index is 0.0658. The third kappa shape index (κ3) is 12.3. The highest BCUT2D eigenvalue weighted by Gasteiger charge is 2.58. The number of amides is 1. The molecule has 1 saturated carbocycles. The monoisotopic (exact) mass is 957 g/mol. The van der Waals surface area contributed by atoms with Gasteiger partial charge in [0.25, 0.3) is 5.91 Å². The number of rotatable bonds is 22. The van der Waals surface area contributed by atoms with E-state index >= 15 is 0 Å². The van der Waals surface area contributed by atoms with Crippen LogP contribution in [0.3, 0.4) is 0 Å². The molecule has 0 atom stereocenters. The van der Waals surface area contributed by atoms with Crippen molar-refractivity contribution >= 4 is 83.9 Å². The van der Waals surface area contributed by atoms with Crippen LogP contribution in [0.1, 0.15) is 35.1 Å². The van der Waals surface area contributed by atoms with Crippen molar-refractivity contribution in [1.82, 2.24) is 4.72 Å². The Balaban J connectivity index is 1.57. The molecule has 1 amide bonds. The first kappa shape index (κ1) is 47.9. The van der Waals surface area contributed by atoms with E-state index in [4.69, 9.17) is 76.8 Å². The summed E-state index contributed by atoms with van der Waals surface area (Å²) in [5, 5.41) is 0.732. The van der Waals surface area contributed by atoms with Crippen LogP contribution in [0.4, 0.5) is 0 Å². The first-order valence-electron chi connectivity index (χ1n) is 18.2. The first-order chi connectivity index (χ1) is 28.6. The van der Waals surface area contributed by atoms with Gasteiger partial charge in [-0.25, -0.2) is 21.6 Å². The molecule has 61 heavy (non-hydrogen) atoms. The highest BCUT2D eigenvalue weighted by Crippen LogP contribution is 2.64. The van der Waals surface area contributed by atoms with E-state index in [9.17, 15) is 31.2 Å². The summed E-state index contributed by atoms with van der Waals surface area (Å²) in [4.78, 5) is 36.1. The lowest BCUT2D eigenvalue weighted by Crippen LogP contribution is -2.54. The van der Waals surface area contributed by atoms with Gasteiger partial charge in [-0.1, -0.05) is 77.2 Å². The molecule has 0 aliphatic heterocycles. The number of nitrogens with one attached hydrogen (secondary N) is 1. The molecule has 0 radical (unpaired) electrons. The van der Waals surface area contributed by atoms with Crippen LogP contribution in [0.2, 0.25) is 20.1 Å². The third-order valence-corrected chi connectivity index (χ3v) is 12.0. The predicted octanol–water partition coefficient (Wildman–Crippen LogP) is 5.35. The number of nitrogens with zero attached hydrogens (tertiary/aromatic N) is 1. The fourth-order valence-corrected chi connectivity index (χ4v) is 8.94. The van der Waals surface area contributed by atoms with Crippen LogP contribution in [-0.2, 0) is 45.3 Å². The Morgan fingerprint density at radius 1 is 0.656 bits per heavy atom. The Kier molecular flexibility index (Phi) is 15.6. The number of carbonyl (C=O) groups is 3. The fraction of sp³-hybridized carbons (Fsp3) is 0.325. The highest BCUT2D eigenvalue weighted by molar-refractivity contribution is 7.93. The molecule has 4 aromatic carbocycles. The molecule has 1 aliphatic carbocycles. The molecule has 1 aliphatic rings. The van der Waals surface area contributed by atoms with Crippen molar-refractivity contribution in [2.24, 2.45) is 11.5 Å². The molecule has 328 valence electrons. The lowest BCUT2D eigenvalue weighted by Gasteiger charge is -2.58. The quantitative estimate of drug-likeness (QED) is 0.0905. The van der Waals surface area contributed by atoms with Gasteiger partial charge in [0.05, 0.1) is 42.9 Å². The average Bonchev–Trinajstić information content (AvgIpc) is 3.17. The van der Waals surface area contributed by atoms with E-state index in [1.807, 2.05) is 24.3 Å². The van der Waals surface area contributed by atoms with Gasteiger partial charge in [-0.05, 0) is 83.6 Å². The molecule has 4 aromatic rings. The summed E-state index contributed by atoms with van der Waals surface area (Å²) in [6.45, 7) is -1.83. The van der Waals surface area contributed by atoms with Crippen molar-refractivity contribution in [3.8, 4) is 23.0 Å². The van der Waals surface area contributed by atoms with Crippen LogP contribution in [-0.4, -0.2) is 92.9 Å². The van der Waals surface area contributed by atoms with Crippen molar-refractivity contribution in [3.05, 3.63) is 120 Å². The van der Waals surface area contributed by atoms with E-state index in [-0.39, 0.29) is 51.3 Å². The van der Waals surface area contributed by atoms with Crippen LogP contribution in [0.5, 0.6) is 23.0 Å². The Morgan fingerprint density at radius 2 is 1.08 bits per heavy atom. The summed E-state index contributed by atoms with van der Waals surface area (Å²) in [5.74, 6) is -0.739. The Hall–Kier alpha value is -4.17. The van der Waals surface area contributed by atoms with Crippen molar-refractivity contribution in [2.75, 3.05) is 58.6 Å². The maximum absolute atomic E-state index is 12.3. The zero-order chi connectivity index (χ0) is 44.8. The number of hydrogen-bond donors (Lipinski definition) is 3. The number of Topliss-reactive ketones (excluding diaryl/α,β-unsaturated/α-hetero) is 2. The van der Waals surface area contributed by atoms with E-state index in [0.717, 1.165) is 29.2 Å². The van der Waals surface area contributed by atoms with Crippen molar-refractivity contribution in [2.45, 2.75) is 23.7 Å². The molecule has 0 spiro atoms. The van der Waals surface area contributed by atoms with Crippen molar-refractivity contribution < 1.29 is 50.2 Å². The Labute approximate surface area is 373 Å². The lowest BCUT2D eigenvalue weighted by atomic mass is 9.44. The molecular weight excluding hydrogens is 918 g/mol. The number of halogens is 4. The van der Waals surface area contributed by atoms with E-state index in [2.05, 4.69) is 9.44 Å². The smallest absolute Gasteiger partial charge is 0.255 e. The van der Waals surface area contributed by atoms with Crippen LogP contribution in [0.25, 0.3) is 4.72 Å². The first-order valence-corrected chi connectivity index (χ1v) is 23.5. The highest BCUT2D eigenvalue weighted by atomic mass is 35.5. The van der Waals surface area contributed by atoms with Crippen molar-refractivity contribution in [1.29, 1.82) is 0 Å². The summed E-state index contributed by atoms with van der Waals surface area (Å²) in [6, 6.07) is 20.9. The molecule has 0 bridgehead atoms. The molecule has 21 heteroatoms. The van der Waals surface area contributed by atoms with Gasteiger partial charge >= 0.3 is 0 Å². The van der Waals surface area contributed by atoms with E-state index in [1.165, 1.54) is 0 Å². The van der Waals surface area contributed by atoms with Gasteiger partial charge < -0.3 is 35.1 Å². The molecule has 0 heterocycles. The van der Waals surface area contributed by atoms with Crippen LogP contribution in [0.15, 0.2) is 72.8 Å². The van der Waals surface area contributed by atoms with Gasteiger partial charge in [0.2, 0.25) is 10.0 Å². The minimum atomic E-state index is -3.70. The molecular formula is C40H41Cl4N4O11S2-. The van der Waals surface area contributed by atoms with Gasteiger partial charge in [0, 0.05) is 23.6 Å². The molecule has 15 nitrogen and oxygen atoms in total. The number of benzene rings is 4. The Morgan fingerprint density at radius 3 is 1.48 bits per heavy atom. The fourth-order valence-electron chi connectivity index (χ4n) is 6.95. The third-order valence-electron chi connectivity index (χ3n) is 9.65. The maximum atomic E-state index is 12.3. The largest absolute Gasteiger partial charge is 0.543 e. The van der Waals surface area contributed by atoms with Crippen molar-refractivity contribution in [3.63, 3.8) is 0 Å². The number of nitrogens with two attached hydrogens (primary N) is 2. The maximum Gasteiger partial charge on any atom is 0.255 e. The zero-order valence-corrected chi connectivity index (χ0v) is 37.4. The van der Waals surface area contributed by atoms with Crippen LogP contribution < -0.4 is 35.1 Å². The molecule has 0 unspecified atom stereocenters. The van der Waals surface area contributed by atoms with E-state index in [1.54, 1.807) is 48.5 Å². The van der Waals surface area contributed by atoms with Gasteiger partial charge in [-0.2, -0.15) is 0 Å². The summed E-state index contributed by atoms with van der Waals surface area (Å²) >= 11 is 27.2. The topological polar surface area (TPSA) is 235 Å². The van der Waals surface area contributed by atoms with Gasteiger partial charge in [-0.3, -0.25) is 14.4 Å². The molecule has 5 N–H and O–H groups in total. The number of primary amides is 1. The standard InChI is InChI=1S/C40H41Cl4N4O11S2/c1-60(52,53)47-17-28(49)19-57-30-7-3-24(4-8-30)39(26-13-32(41)37(33(42)14-26)56-12-11-45)22-40(23-39,27-15-34(43)38(35(44)16-27)59-21-36(46)51)25-5-9-31(10-6-25)58-20-29(50)18-48-61(2,54)55/h3-10,13-16,48H,11-12,17-23,45H2,1-2H3,(H2,46,51)/q-1. The summed E-state index contributed by atoms with van der Waals surface area (Å²) in [7, 11) is -7.27. The number of sulfonamides is 2. The number of hydrogen-bond acceptors (Lipinski definition) is 12.